The zero-order chi connectivity index (χ0) is 12.4. The molecular formula is C13H13N3O2. The van der Waals surface area contributed by atoms with Crippen molar-refractivity contribution in [3.8, 4) is 11.4 Å². The Kier molecular flexibility index (Phi) is 2.72. The van der Waals surface area contributed by atoms with Crippen LogP contribution in [0.3, 0.4) is 0 Å². The quantitative estimate of drug-likeness (QED) is 0.761. The van der Waals surface area contributed by atoms with Crippen molar-refractivity contribution in [2.24, 2.45) is 0 Å². The summed E-state index contributed by atoms with van der Waals surface area (Å²) >= 11 is 0. The monoisotopic (exact) mass is 243 g/mol. The highest BCUT2D eigenvalue weighted by Crippen LogP contribution is 2.28. The highest BCUT2D eigenvalue weighted by Gasteiger charge is 2.13. The molecular weight excluding hydrogens is 230 g/mol. The molecule has 0 amide bonds. The van der Waals surface area contributed by atoms with Gasteiger partial charge in [-0.2, -0.15) is 4.98 Å². The molecule has 5 heteroatoms. The van der Waals surface area contributed by atoms with Crippen molar-refractivity contribution < 1.29 is 8.94 Å². The van der Waals surface area contributed by atoms with Crippen LogP contribution in [-0.2, 0) is 0 Å². The molecule has 0 aliphatic carbocycles. The normalized spacial score (nSPS) is 10.9. The van der Waals surface area contributed by atoms with Gasteiger partial charge in [0, 0.05) is 11.9 Å². The highest BCUT2D eigenvalue weighted by atomic mass is 16.5. The third-order valence-electron chi connectivity index (χ3n) is 2.67. The van der Waals surface area contributed by atoms with Gasteiger partial charge in [0.2, 0.25) is 5.82 Å². The Labute approximate surface area is 104 Å². The maximum Gasteiger partial charge on any atom is 0.321 e. The van der Waals surface area contributed by atoms with Crippen molar-refractivity contribution in [1.82, 2.24) is 10.1 Å². The summed E-state index contributed by atoms with van der Waals surface area (Å²) in [4.78, 5) is 4.29. The number of aromatic nitrogens is 2. The van der Waals surface area contributed by atoms with E-state index in [1.165, 1.54) is 0 Å². The van der Waals surface area contributed by atoms with Gasteiger partial charge in [-0.1, -0.05) is 30.3 Å². The minimum Gasteiger partial charge on any atom is -0.464 e. The molecule has 0 saturated heterocycles. The third-order valence-corrected chi connectivity index (χ3v) is 2.67. The second kappa shape index (κ2) is 4.52. The zero-order valence-corrected chi connectivity index (χ0v) is 10.0. The standard InChI is InChI=1S/C13H13N3O2/c1-2-7-14-13-15-12(16-18-13)10-8-17-11-6-4-3-5-9(10)11/h3-6,8H,2,7H2,1H3,(H,14,15,16). The molecule has 3 rings (SSSR count). The first-order chi connectivity index (χ1) is 8.88. The fourth-order valence-corrected chi connectivity index (χ4v) is 1.79. The number of anilines is 1. The van der Waals surface area contributed by atoms with E-state index in [0.29, 0.717) is 11.8 Å². The van der Waals surface area contributed by atoms with Gasteiger partial charge in [-0.15, -0.1) is 0 Å². The summed E-state index contributed by atoms with van der Waals surface area (Å²) in [5.74, 6) is 0.540. The molecule has 92 valence electrons. The fraction of sp³-hybridized carbons (Fsp3) is 0.231. The maximum atomic E-state index is 5.45. The molecule has 1 aromatic carbocycles. The van der Waals surface area contributed by atoms with Gasteiger partial charge in [0.05, 0.1) is 5.56 Å². The maximum absolute atomic E-state index is 5.45. The van der Waals surface area contributed by atoms with Crippen LogP contribution in [0.25, 0.3) is 22.4 Å². The molecule has 0 aliphatic heterocycles. The molecule has 0 fully saturated rings. The summed E-state index contributed by atoms with van der Waals surface area (Å²) in [6.45, 7) is 2.89. The molecule has 5 nitrogen and oxygen atoms in total. The smallest absolute Gasteiger partial charge is 0.321 e. The molecule has 0 atom stereocenters. The zero-order valence-electron chi connectivity index (χ0n) is 10.0. The van der Waals surface area contributed by atoms with E-state index in [2.05, 4.69) is 22.4 Å². The predicted octanol–water partition coefficient (Wildman–Crippen LogP) is 3.30. The Morgan fingerprint density at radius 3 is 3.06 bits per heavy atom. The van der Waals surface area contributed by atoms with Gasteiger partial charge in [0.1, 0.15) is 11.8 Å². The molecule has 18 heavy (non-hydrogen) atoms. The predicted molar refractivity (Wildman–Crippen MR) is 68.3 cm³/mol. The molecule has 0 aliphatic rings. The molecule has 0 bridgehead atoms. The molecule has 0 saturated carbocycles. The van der Waals surface area contributed by atoms with Crippen LogP contribution in [0.4, 0.5) is 6.01 Å². The van der Waals surface area contributed by atoms with Crippen molar-refractivity contribution in [2.75, 3.05) is 11.9 Å². The van der Waals surface area contributed by atoms with Crippen LogP contribution in [0.1, 0.15) is 13.3 Å². The number of para-hydroxylation sites is 1. The van der Waals surface area contributed by atoms with Gasteiger partial charge in [-0.05, 0) is 12.5 Å². The molecule has 3 aromatic rings. The summed E-state index contributed by atoms with van der Waals surface area (Å²) in [6, 6.07) is 8.22. The first kappa shape index (κ1) is 10.8. The Bertz CT molecular complexity index is 657. The average molecular weight is 243 g/mol. The minimum absolute atomic E-state index is 0.442. The van der Waals surface area contributed by atoms with E-state index >= 15 is 0 Å². The van der Waals surface area contributed by atoms with Gasteiger partial charge in [-0.25, -0.2) is 0 Å². The number of furan rings is 1. The van der Waals surface area contributed by atoms with Crippen molar-refractivity contribution in [3.63, 3.8) is 0 Å². The van der Waals surface area contributed by atoms with Crippen LogP contribution in [0, 0.1) is 0 Å². The summed E-state index contributed by atoms with van der Waals surface area (Å²) in [6.07, 6.45) is 2.66. The molecule has 2 aromatic heterocycles. The van der Waals surface area contributed by atoms with E-state index in [0.717, 1.165) is 29.5 Å². The SMILES string of the molecule is CCCNc1nc(-c2coc3ccccc23)no1. The van der Waals surface area contributed by atoms with E-state index in [1.807, 2.05) is 24.3 Å². The van der Waals surface area contributed by atoms with E-state index in [-0.39, 0.29) is 0 Å². The Hall–Kier alpha value is -2.30. The van der Waals surface area contributed by atoms with Crippen LogP contribution in [0.15, 0.2) is 39.5 Å². The van der Waals surface area contributed by atoms with Gasteiger partial charge in [0.25, 0.3) is 0 Å². The van der Waals surface area contributed by atoms with E-state index in [4.69, 9.17) is 8.94 Å². The summed E-state index contributed by atoms with van der Waals surface area (Å²) in [5, 5.41) is 7.99. The summed E-state index contributed by atoms with van der Waals surface area (Å²) in [7, 11) is 0. The van der Waals surface area contributed by atoms with Crippen molar-refractivity contribution in [3.05, 3.63) is 30.5 Å². The number of fused-ring (bicyclic) bond motifs is 1. The second-order valence-electron chi connectivity index (χ2n) is 4.00. The fourth-order valence-electron chi connectivity index (χ4n) is 1.79. The summed E-state index contributed by atoms with van der Waals surface area (Å²) < 4.78 is 10.6. The number of hydrogen-bond donors (Lipinski definition) is 1. The van der Waals surface area contributed by atoms with E-state index < -0.39 is 0 Å². The van der Waals surface area contributed by atoms with Crippen molar-refractivity contribution in [2.45, 2.75) is 13.3 Å². The number of hydrogen-bond acceptors (Lipinski definition) is 5. The average Bonchev–Trinajstić information content (AvgIpc) is 3.02. The Morgan fingerprint density at radius 1 is 1.28 bits per heavy atom. The lowest BCUT2D eigenvalue weighted by atomic mass is 10.2. The van der Waals surface area contributed by atoms with E-state index in [1.54, 1.807) is 6.26 Å². The Balaban J connectivity index is 1.96. The van der Waals surface area contributed by atoms with Gasteiger partial charge >= 0.3 is 6.01 Å². The topological polar surface area (TPSA) is 64.1 Å². The van der Waals surface area contributed by atoms with Crippen molar-refractivity contribution >= 4 is 17.0 Å². The third kappa shape index (κ3) is 1.84. The first-order valence-corrected chi connectivity index (χ1v) is 5.92. The molecule has 0 unspecified atom stereocenters. The highest BCUT2D eigenvalue weighted by molar-refractivity contribution is 5.91. The lowest BCUT2D eigenvalue weighted by Gasteiger charge is -1.93. The lowest BCUT2D eigenvalue weighted by molar-refractivity contribution is 0.432. The van der Waals surface area contributed by atoms with Crippen molar-refractivity contribution in [1.29, 1.82) is 0 Å². The molecule has 2 heterocycles. The van der Waals surface area contributed by atoms with Crippen LogP contribution in [0.5, 0.6) is 0 Å². The largest absolute Gasteiger partial charge is 0.464 e. The molecule has 0 spiro atoms. The van der Waals surface area contributed by atoms with Crippen LogP contribution < -0.4 is 5.32 Å². The second-order valence-corrected chi connectivity index (χ2v) is 4.00. The van der Waals surface area contributed by atoms with Gasteiger partial charge in [-0.3, -0.25) is 0 Å². The number of rotatable bonds is 4. The molecule has 0 radical (unpaired) electrons. The first-order valence-electron chi connectivity index (χ1n) is 5.92. The van der Waals surface area contributed by atoms with Gasteiger partial charge in [0.15, 0.2) is 0 Å². The molecule has 1 N–H and O–H groups in total. The van der Waals surface area contributed by atoms with E-state index in [9.17, 15) is 0 Å². The van der Waals surface area contributed by atoms with Crippen LogP contribution in [0.2, 0.25) is 0 Å². The Morgan fingerprint density at radius 2 is 2.17 bits per heavy atom. The van der Waals surface area contributed by atoms with Crippen LogP contribution in [-0.4, -0.2) is 16.7 Å². The summed E-state index contributed by atoms with van der Waals surface area (Å²) in [5.41, 5.74) is 1.67. The van der Waals surface area contributed by atoms with Gasteiger partial charge < -0.3 is 14.3 Å². The minimum atomic E-state index is 0.442. The lowest BCUT2D eigenvalue weighted by Crippen LogP contribution is -1.99. The number of nitrogens with zero attached hydrogens (tertiary/aromatic N) is 2. The number of benzene rings is 1. The van der Waals surface area contributed by atoms with Crippen LogP contribution >= 0.6 is 0 Å². The number of nitrogens with one attached hydrogen (secondary N) is 1.